The second-order valence-electron chi connectivity index (χ2n) is 8.86. The first-order valence-corrected chi connectivity index (χ1v) is 11.3. The molecular formula is C26H26N6O3. The van der Waals surface area contributed by atoms with Gasteiger partial charge in [0.15, 0.2) is 5.58 Å². The molecule has 9 heteroatoms. The number of oxazole rings is 1. The zero-order valence-corrected chi connectivity index (χ0v) is 19.8. The molecule has 9 nitrogen and oxygen atoms in total. The standard InChI is InChI=1S/C26H26N6O3/c1-15-20(11-17(27)12-28-15)24(33)29-22-14-32(13-16-7-4-5-8-18(16)22)25(34)19-9-6-10-21-23(19)35-26(30-21)31(2)3/h4-12,22H,13-14,27H2,1-3H3,(H,29,33). The highest BCUT2D eigenvalue weighted by Crippen LogP contribution is 2.30. The van der Waals surface area contributed by atoms with Crippen LogP contribution in [0.2, 0.25) is 0 Å². The summed E-state index contributed by atoms with van der Waals surface area (Å²) in [7, 11) is 3.66. The summed E-state index contributed by atoms with van der Waals surface area (Å²) in [6.07, 6.45) is 1.52. The van der Waals surface area contributed by atoms with Crippen molar-refractivity contribution in [2.45, 2.75) is 19.5 Å². The molecule has 0 aliphatic carbocycles. The number of aromatic nitrogens is 2. The van der Waals surface area contributed by atoms with E-state index in [1.54, 1.807) is 34.9 Å². The van der Waals surface area contributed by atoms with Gasteiger partial charge in [0.05, 0.1) is 34.7 Å². The fourth-order valence-electron chi connectivity index (χ4n) is 4.37. The van der Waals surface area contributed by atoms with Crippen LogP contribution in [0.1, 0.15) is 43.6 Å². The van der Waals surface area contributed by atoms with Gasteiger partial charge in [-0.1, -0.05) is 30.3 Å². The van der Waals surface area contributed by atoms with Gasteiger partial charge in [-0.15, -0.1) is 0 Å². The second kappa shape index (κ2) is 8.75. The first-order valence-electron chi connectivity index (χ1n) is 11.3. The molecule has 1 unspecified atom stereocenters. The summed E-state index contributed by atoms with van der Waals surface area (Å²) in [5, 5.41) is 3.08. The number of benzene rings is 2. The Morgan fingerprint density at radius 2 is 1.94 bits per heavy atom. The smallest absolute Gasteiger partial charge is 0.297 e. The lowest BCUT2D eigenvalue weighted by Crippen LogP contribution is -2.44. The van der Waals surface area contributed by atoms with Gasteiger partial charge in [-0.2, -0.15) is 4.98 Å². The Bertz CT molecular complexity index is 1440. The quantitative estimate of drug-likeness (QED) is 0.470. The summed E-state index contributed by atoms with van der Waals surface area (Å²) < 4.78 is 5.89. The molecule has 0 saturated heterocycles. The van der Waals surface area contributed by atoms with Gasteiger partial charge >= 0.3 is 0 Å². The number of hydrogen-bond acceptors (Lipinski definition) is 7. The Hall–Kier alpha value is -4.40. The summed E-state index contributed by atoms with van der Waals surface area (Å²) in [6, 6.07) is 14.8. The summed E-state index contributed by atoms with van der Waals surface area (Å²) in [5.41, 5.74) is 10.7. The number of pyridine rings is 1. The van der Waals surface area contributed by atoms with Crippen LogP contribution >= 0.6 is 0 Å². The summed E-state index contributed by atoms with van der Waals surface area (Å²) in [6.45, 7) is 2.49. The largest absolute Gasteiger partial charge is 0.423 e. The van der Waals surface area contributed by atoms with E-state index in [-0.39, 0.29) is 11.8 Å². The molecule has 0 saturated carbocycles. The first-order chi connectivity index (χ1) is 16.8. The Labute approximate surface area is 202 Å². The van der Waals surface area contributed by atoms with E-state index in [0.29, 0.717) is 52.7 Å². The molecule has 0 spiro atoms. The molecule has 3 heterocycles. The van der Waals surface area contributed by atoms with Crippen molar-refractivity contribution < 1.29 is 14.0 Å². The minimum Gasteiger partial charge on any atom is -0.423 e. The van der Waals surface area contributed by atoms with E-state index in [1.165, 1.54) is 6.20 Å². The molecule has 0 radical (unpaired) electrons. The van der Waals surface area contributed by atoms with Crippen molar-refractivity contribution in [3.05, 3.63) is 82.7 Å². The van der Waals surface area contributed by atoms with Crippen LogP contribution in [-0.2, 0) is 6.54 Å². The Kier molecular flexibility index (Phi) is 5.60. The van der Waals surface area contributed by atoms with Gasteiger partial charge in [-0.05, 0) is 36.2 Å². The number of aryl methyl sites for hydroxylation is 1. The van der Waals surface area contributed by atoms with Crippen LogP contribution in [0.3, 0.4) is 0 Å². The van der Waals surface area contributed by atoms with E-state index in [0.717, 1.165) is 11.1 Å². The molecule has 2 amide bonds. The predicted molar refractivity (Wildman–Crippen MR) is 133 cm³/mol. The van der Waals surface area contributed by atoms with Gasteiger partial charge in [0, 0.05) is 27.2 Å². The highest BCUT2D eigenvalue weighted by Gasteiger charge is 2.31. The first kappa shape index (κ1) is 22.4. The monoisotopic (exact) mass is 470 g/mol. The molecule has 1 atom stereocenters. The molecule has 4 aromatic rings. The van der Waals surface area contributed by atoms with Crippen molar-refractivity contribution in [1.82, 2.24) is 20.2 Å². The third-order valence-corrected chi connectivity index (χ3v) is 6.16. The average Bonchev–Trinajstić information content (AvgIpc) is 3.30. The number of fused-ring (bicyclic) bond motifs is 2. The van der Waals surface area contributed by atoms with Crippen molar-refractivity contribution in [1.29, 1.82) is 0 Å². The highest BCUT2D eigenvalue weighted by atomic mass is 16.4. The van der Waals surface area contributed by atoms with Crippen molar-refractivity contribution in [2.24, 2.45) is 0 Å². The van der Waals surface area contributed by atoms with Crippen molar-refractivity contribution in [3.8, 4) is 0 Å². The highest BCUT2D eigenvalue weighted by molar-refractivity contribution is 6.04. The van der Waals surface area contributed by atoms with E-state index in [9.17, 15) is 9.59 Å². The molecule has 2 aromatic carbocycles. The van der Waals surface area contributed by atoms with E-state index in [4.69, 9.17) is 10.2 Å². The van der Waals surface area contributed by atoms with Crippen LogP contribution in [0.15, 0.2) is 59.1 Å². The molecule has 5 rings (SSSR count). The topological polar surface area (TPSA) is 118 Å². The lowest BCUT2D eigenvalue weighted by atomic mass is 9.94. The van der Waals surface area contributed by atoms with Gasteiger partial charge < -0.3 is 25.3 Å². The molecular weight excluding hydrogens is 444 g/mol. The number of rotatable bonds is 4. The molecule has 35 heavy (non-hydrogen) atoms. The maximum Gasteiger partial charge on any atom is 0.297 e. The zero-order chi connectivity index (χ0) is 24.7. The molecule has 2 aromatic heterocycles. The van der Waals surface area contributed by atoms with E-state index < -0.39 is 6.04 Å². The number of nitrogens with zero attached hydrogens (tertiary/aromatic N) is 4. The van der Waals surface area contributed by atoms with Crippen LogP contribution in [0.25, 0.3) is 11.1 Å². The lowest BCUT2D eigenvalue weighted by molar-refractivity contribution is 0.0693. The molecule has 1 aliphatic heterocycles. The van der Waals surface area contributed by atoms with Crippen LogP contribution in [-0.4, -0.2) is 47.3 Å². The van der Waals surface area contributed by atoms with Gasteiger partial charge in [0.1, 0.15) is 5.52 Å². The van der Waals surface area contributed by atoms with Crippen LogP contribution in [0.5, 0.6) is 0 Å². The van der Waals surface area contributed by atoms with Gasteiger partial charge in [-0.25, -0.2) is 0 Å². The van der Waals surface area contributed by atoms with E-state index in [2.05, 4.69) is 15.3 Å². The number of nitrogens with one attached hydrogen (secondary N) is 1. The third-order valence-electron chi connectivity index (χ3n) is 6.16. The number of hydrogen-bond donors (Lipinski definition) is 2. The number of anilines is 2. The summed E-state index contributed by atoms with van der Waals surface area (Å²) >= 11 is 0. The fourth-order valence-corrected chi connectivity index (χ4v) is 4.37. The second-order valence-corrected chi connectivity index (χ2v) is 8.86. The van der Waals surface area contributed by atoms with Crippen LogP contribution < -0.4 is 16.0 Å². The molecule has 0 fully saturated rings. The maximum atomic E-state index is 13.7. The van der Waals surface area contributed by atoms with Gasteiger partial charge in [0.2, 0.25) is 0 Å². The average molecular weight is 471 g/mol. The number of para-hydroxylation sites is 1. The normalized spacial score (nSPS) is 15.1. The summed E-state index contributed by atoms with van der Waals surface area (Å²) in [4.78, 5) is 39.0. The van der Waals surface area contributed by atoms with Crippen LogP contribution in [0.4, 0.5) is 11.7 Å². The zero-order valence-electron chi connectivity index (χ0n) is 19.8. The maximum absolute atomic E-state index is 13.7. The van der Waals surface area contributed by atoms with Gasteiger partial charge in [0.25, 0.3) is 17.8 Å². The minimum absolute atomic E-state index is 0.187. The Balaban J connectivity index is 1.47. The minimum atomic E-state index is -0.400. The number of nitrogens with two attached hydrogens (primary N) is 1. The Morgan fingerprint density at radius 1 is 1.14 bits per heavy atom. The van der Waals surface area contributed by atoms with Gasteiger partial charge in [-0.3, -0.25) is 14.6 Å². The number of carbonyl (C=O) groups excluding carboxylic acids is 2. The molecule has 3 N–H and O–H groups in total. The van der Waals surface area contributed by atoms with E-state index in [1.807, 2.05) is 44.4 Å². The summed E-state index contributed by atoms with van der Waals surface area (Å²) in [5.74, 6) is -0.475. The molecule has 0 bridgehead atoms. The predicted octanol–water partition coefficient (Wildman–Crippen LogP) is 3.31. The van der Waals surface area contributed by atoms with Crippen molar-refractivity contribution >= 4 is 34.6 Å². The third kappa shape index (κ3) is 4.16. The SMILES string of the molecule is Cc1ncc(N)cc1C(=O)NC1CN(C(=O)c2cccc3nc(N(C)C)oc23)Cc2ccccc21. The fraction of sp³-hybridized carbons (Fsp3) is 0.231. The van der Waals surface area contributed by atoms with E-state index >= 15 is 0 Å². The number of nitrogen functional groups attached to an aromatic ring is 1. The molecule has 1 aliphatic rings. The lowest BCUT2D eigenvalue weighted by Gasteiger charge is -2.35. The molecule has 178 valence electrons. The van der Waals surface area contributed by atoms with Crippen LogP contribution in [0, 0.1) is 6.92 Å². The van der Waals surface area contributed by atoms with Crippen molar-refractivity contribution in [2.75, 3.05) is 31.3 Å². The Morgan fingerprint density at radius 3 is 2.74 bits per heavy atom. The number of amides is 2. The number of carbonyl (C=O) groups is 2. The van der Waals surface area contributed by atoms with Crippen molar-refractivity contribution in [3.63, 3.8) is 0 Å².